The highest BCUT2D eigenvalue weighted by molar-refractivity contribution is 5.41. The van der Waals surface area contributed by atoms with Crippen molar-refractivity contribution in [3.05, 3.63) is 23.9 Å². The van der Waals surface area contributed by atoms with E-state index in [1.807, 2.05) is 6.20 Å². The van der Waals surface area contributed by atoms with Crippen molar-refractivity contribution in [3.8, 4) is 0 Å². The average Bonchev–Trinajstić information content (AvgIpc) is 2.40. The summed E-state index contributed by atoms with van der Waals surface area (Å²) in [6.45, 7) is 9.84. The molecule has 0 aliphatic carbocycles. The number of nitrogens with one attached hydrogen (secondary N) is 1. The molecule has 0 saturated carbocycles. The summed E-state index contributed by atoms with van der Waals surface area (Å²) in [7, 11) is 0. The maximum Gasteiger partial charge on any atom is 0.128 e. The molecule has 18 heavy (non-hydrogen) atoms. The van der Waals surface area contributed by atoms with E-state index >= 15 is 0 Å². The Kier molecular flexibility index (Phi) is 4.59. The van der Waals surface area contributed by atoms with Crippen LogP contribution < -0.4 is 10.2 Å². The third-order valence-corrected chi connectivity index (χ3v) is 4.06. The summed E-state index contributed by atoms with van der Waals surface area (Å²) in [5.74, 6) is 1.90. The van der Waals surface area contributed by atoms with Crippen LogP contribution in [0.5, 0.6) is 0 Å². The van der Waals surface area contributed by atoms with Gasteiger partial charge in [0.25, 0.3) is 0 Å². The van der Waals surface area contributed by atoms with Crippen LogP contribution in [-0.2, 0) is 6.54 Å². The molecule has 1 fully saturated rings. The van der Waals surface area contributed by atoms with E-state index in [-0.39, 0.29) is 0 Å². The lowest BCUT2D eigenvalue weighted by molar-refractivity contribution is 0.361. The molecule has 1 aromatic rings. The van der Waals surface area contributed by atoms with Gasteiger partial charge in [0, 0.05) is 25.3 Å². The van der Waals surface area contributed by atoms with E-state index < -0.39 is 0 Å². The molecule has 2 rings (SSSR count). The second kappa shape index (κ2) is 6.19. The fourth-order valence-corrected chi connectivity index (χ4v) is 2.62. The van der Waals surface area contributed by atoms with Gasteiger partial charge < -0.3 is 10.2 Å². The molecule has 0 radical (unpaired) electrons. The summed E-state index contributed by atoms with van der Waals surface area (Å²) in [5, 5.41) is 3.33. The van der Waals surface area contributed by atoms with Gasteiger partial charge in [0.2, 0.25) is 0 Å². The first-order valence-electron chi connectivity index (χ1n) is 7.14. The monoisotopic (exact) mass is 247 g/mol. The first-order chi connectivity index (χ1) is 8.72. The van der Waals surface area contributed by atoms with Gasteiger partial charge in [0.1, 0.15) is 5.82 Å². The Morgan fingerprint density at radius 2 is 2.22 bits per heavy atom. The molecule has 0 amide bonds. The summed E-state index contributed by atoms with van der Waals surface area (Å²) in [4.78, 5) is 7.08. The first-order valence-corrected chi connectivity index (χ1v) is 7.14. The Balaban J connectivity index is 2.04. The Labute approximate surface area is 111 Å². The third kappa shape index (κ3) is 3.02. The highest BCUT2D eigenvalue weighted by Gasteiger charge is 2.25. The Morgan fingerprint density at radius 3 is 2.89 bits per heavy atom. The van der Waals surface area contributed by atoms with E-state index in [1.165, 1.54) is 18.4 Å². The number of hydrogen-bond acceptors (Lipinski definition) is 3. The van der Waals surface area contributed by atoms with Crippen LogP contribution in [0.25, 0.3) is 0 Å². The van der Waals surface area contributed by atoms with Crippen molar-refractivity contribution in [2.24, 2.45) is 5.92 Å². The van der Waals surface area contributed by atoms with Crippen LogP contribution in [0.4, 0.5) is 5.82 Å². The number of hydrogen-bond donors (Lipinski definition) is 1. The molecule has 1 saturated heterocycles. The predicted molar refractivity (Wildman–Crippen MR) is 76.8 cm³/mol. The van der Waals surface area contributed by atoms with Gasteiger partial charge in [-0.1, -0.05) is 19.9 Å². The van der Waals surface area contributed by atoms with Gasteiger partial charge in [-0.3, -0.25) is 0 Å². The van der Waals surface area contributed by atoms with Crippen molar-refractivity contribution in [2.75, 3.05) is 18.0 Å². The zero-order valence-electron chi connectivity index (χ0n) is 11.8. The number of rotatable bonds is 4. The van der Waals surface area contributed by atoms with Crippen LogP contribution in [0, 0.1) is 5.92 Å². The lowest BCUT2D eigenvalue weighted by atomic mass is 9.92. The molecule has 0 spiro atoms. The normalized spacial score (nSPS) is 24.3. The molecule has 0 bridgehead atoms. The topological polar surface area (TPSA) is 28.2 Å². The highest BCUT2D eigenvalue weighted by Crippen LogP contribution is 2.26. The second-order valence-corrected chi connectivity index (χ2v) is 5.36. The molecular weight excluding hydrogens is 222 g/mol. The van der Waals surface area contributed by atoms with Crippen molar-refractivity contribution in [1.29, 1.82) is 0 Å². The number of nitrogens with zero attached hydrogens (tertiary/aromatic N) is 2. The third-order valence-electron chi connectivity index (χ3n) is 4.06. The molecule has 2 unspecified atom stereocenters. The molecule has 1 aliphatic heterocycles. The minimum atomic E-state index is 0.603. The summed E-state index contributed by atoms with van der Waals surface area (Å²) in [6, 6.07) is 4.96. The van der Waals surface area contributed by atoms with E-state index in [9.17, 15) is 0 Å². The minimum Gasteiger partial charge on any atom is -0.354 e. The molecule has 3 heteroatoms. The molecule has 2 atom stereocenters. The van der Waals surface area contributed by atoms with E-state index in [0.717, 1.165) is 31.4 Å². The maximum atomic E-state index is 4.63. The van der Waals surface area contributed by atoms with Gasteiger partial charge >= 0.3 is 0 Å². The highest BCUT2D eigenvalue weighted by atomic mass is 15.2. The largest absolute Gasteiger partial charge is 0.354 e. The maximum absolute atomic E-state index is 4.63. The predicted octanol–water partition coefficient (Wildman–Crippen LogP) is 2.82. The van der Waals surface area contributed by atoms with Crippen molar-refractivity contribution >= 4 is 5.82 Å². The van der Waals surface area contributed by atoms with Crippen molar-refractivity contribution in [3.63, 3.8) is 0 Å². The average molecular weight is 247 g/mol. The summed E-state index contributed by atoms with van der Waals surface area (Å²) in [5.41, 5.74) is 1.26. The molecule has 1 aliphatic rings. The van der Waals surface area contributed by atoms with Crippen LogP contribution in [0.1, 0.15) is 39.2 Å². The summed E-state index contributed by atoms with van der Waals surface area (Å²) in [6.07, 6.45) is 4.63. The Hall–Kier alpha value is -1.09. The van der Waals surface area contributed by atoms with Gasteiger partial charge in [0.15, 0.2) is 0 Å². The zero-order chi connectivity index (χ0) is 13.0. The lowest BCUT2D eigenvalue weighted by Gasteiger charge is -2.38. The van der Waals surface area contributed by atoms with E-state index in [2.05, 4.69) is 48.1 Å². The lowest BCUT2D eigenvalue weighted by Crippen LogP contribution is -2.42. The number of anilines is 1. The molecule has 1 aromatic heterocycles. The molecule has 0 aromatic carbocycles. The van der Waals surface area contributed by atoms with Crippen LogP contribution in [0.3, 0.4) is 0 Å². The van der Waals surface area contributed by atoms with E-state index in [4.69, 9.17) is 0 Å². The van der Waals surface area contributed by atoms with Crippen LogP contribution >= 0.6 is 0 Å². The molecule has 100 valence electrons. The minimum absolute atomic E-state index is 0.603. The van der Waals surface area contributed by atoms with Crippen molar-refractivity contribution in [2.45, 2.75) is 46.2 Å². The Bertz CT molecular complexity index is 361. The number of piperidine rings is 1. The number of aromatic nitrogens is 1. The Morgan fingerprint density at radius 1 is 1.39 bits per heavy atom. The quantitative estimate of drug-likeness (QED) is 0.887. The van der Waals surface area contributed by atoms with E-state index in [1.54, 1.807) is 0 Å². The first kappa shape index (κ1) is 13.3. The summed E-state index contributed by atoms with van der Waals surface area (Å²) >= 11 is 0. The SMILES string of the molecule is CCNCc1ccc(N2CCCC(C)C2C)nc1. The summed E-state index contributed by atoms with van der Waals surface area (Å²) < 4.78 is 0. The molecule has 3 nitrogen and oxygen atoms in total. The van der Waals surface area contributed by atoms with Gasteiger partial charge in [-0.2, -0.15) is 0 Å². The van der Waals surface area contributed by atoms with Crippen LogP contribution in [0.2, 0.25) is 0 Å². The molecule has 2 heterocycles. The smallest absolute Gasteiger partial charge is 0.128 e. The number of pyridine rings is 1. The van der Waals surface area contributed by atoms with Crippen LogP contribution in [-0.4, -0.2) is 24.1 Å². The van der Waals surface area contributed by atoms with Gasteiger partial charge in [-0.05, 0) is 43.9 Å². The van der Waals surface area contributed by atoms with Crippen molar-refractivity contribution < 1.29 is 0 Å². The zero-order valence-corrected chi connectivity index (χ0v) is 11.8. The molecule has 1 N–H and O–H groups in total. The van der Waals surface area contributed by atoms with Gasteiger partial charge in [-0.25, -0.2) is 4.98 Å². The van der Waals surface area contributed by atoms with Gasteiger partial charge in [-0.15, -0.1) is 0 Å². The second-order valence-electron chi connectivity index (χ2n) is 5.36. The fraction of sp³-hybridized carbons (Fsp3) is 0.667. The van der Waals surface area contributed by atoms with E-state index in [0.29, 0.717) is 6.04 Å². The van der Waals surface area contributed by atoms with Crippen molar-refractivity contribution in [1.82, 2.24) is 10.3 Å². The fourth-order valence-electron chi connectivity index (χ4n) is 2.62. The van der Waals surface area contributed by atoms with Crippen LogP contribution in [0.15, 0.2) is 18.3 Å². The van der Waals surface area contributed by atoms with Gasteiger partial charge in [0.05, 0.1) is 0 Å². The standard InChI is InChI=1S/C15H25N3/c1-4-16-10-14-7-8-15(17-11-14)18-9-5-6-12(2)13(18)3/h7-8,11-13,16H,4-6,9-10H2,1-3H3. The molecular formula is C15H25N3.